The summed E-state index contributed by atoms with van der Waals surface area (Å²) in [5.41, 5.74) is -0.801. The lowest BCUT2D eigenvalue weighted by atomic mass is 10.2. The molecule has 0 amide bonds. The third-order valence-electron chi connectivity index (χ3n) is 4.04. The second-order valence-electron chi connectivity index (χ2n) is 6.03. The Hall–Kier alpha value is -2.62. The monoisotopic (exact) mass is 396 g/mol. The van der Waals surface area contributed by atoms with Gasteiger partial charge in [0.25, 0.3) is 5.56 Å². The fourth-order valence-electron chi connectivity index (χ4n) is 2.61. The van der Waals surface area contributed by atoms with Gasteiger partial charge in [-0.15, -0.1) is 0 Å². The van der Waals surface area contributed by atoms with Crippen molar-refractivity contribution in [2.75, 3.05) is 6.61 Å². The third kappa shape index (κ3) is 4.57. The molecule has 0 saturated carbocycles. The van der Waals surface area contributed by atoms with E-state index in [-0.39, 0.29) is 18.8 Å². The van der Waals surface area contributed by atoms with Gasteiger partial charge in [0.1, 0.15) is 24.7 Å². The Balaban J connectivity index is 1.58. The normalized spacial score (nSPS) is 21.8. The number of aromatic amines is 1. The summed E-state index contributed by atoms with van der Waals surface area (Å²) in [6, 6.07) is 6.13. The van der Waals surface area contributed by atoms with E-state index in [0.717, 1.165) is 0 Å². The number of rotatable bonds is 4. The highest BCUT2D eigenvalue weighted by Gasteiger charge is 2.36. The van der Waals surface area contributed by atoms with Crippen molar-refractivity contribution in [2.24, 2.45) is 0 Å². The number of hydrogen-bond acceptors (Lipinski definition) is 7. The first kappa shape index (κ1) is 19.2. The van der Waals surface area contributed by atoms with Gasteiger partial charge in [-0.25, -0.2) is 9.59 Å². The van der Waals surface area contributed by atoms with Crippen molar-refractivity contribution in [2.45, 2.75) is 31.8 Å². The number of carbonyl (C=O) groups excluding carboxylic acids is 1. The molecule has 0 spiro atoms. The van der Waals surface area contributed by atoms with Gasteiger partial charge >= 0.3 is 11.8 Å². The number of nitrogens with one attached hydrogen (secondary N) is 1. The Kier molecular flexibility index (Phi) is 5.64. The zero-order chi connectivity index (χ0) is 19.6. The SMILES string of the molecule is Cc1cn([C@H]2C[C@H](O)[C@@H](COC(=O)Oc3ccc(Cl)cc3)O2)c(=O)[nH]c1=O. The maximum atomic E-state index is 11.9. The number of hydrogen-bond donors (Lipinski definition) is 2. The number of nitrogens with zero attached hydrogens (tertiary/aromatic N) is 1. The number of aliphatic hydroxyl groups excluding tert-OH is 1. The van der Waals surface area contributed by atoms with Gasteiger partial charge in [-0.2, -0.15) is 0 Å². The molecule has 1 fully saturated rings. The van der Waals surface area contributed by atoms with E-state index in [2.05, 4.69) is 4.98 Å². The van der Waals surface area contributed by atoms with Crippen LogP contribution in [0.5, 0.6) is 5.75 Å². The summed E-state index contributed by atoms with van der Waals surface area (Å²) in [5.74, 6) is 0.255. The maximum absolute atomic E-state index is 11.9. The van der Waals surface area contributed by atoms with Crippen LogP contribution in [0.15, 0.2) is 40.1 Å². The molecule has 1 aliphatic heterocycles. The Bertz CT molecular complexity index is 938. The highest BCUT2D eigenvalue weighted by molar-refractivity contribution is 6.30. The molecule has 27 heavy (non-hydrogen) atoms. The minimum atomic E-state index is -0.964. The van der Waals surface area contributed by atoms with E-state index < -0.39 is 35.8 Å². The van der Waals surface area contributed by atoms with E-state index >= 15 is 0 Å². The highest BCUT2D eigenvalue weighted by atomic mass is 35.5. The predicted molar refractivity (Wildman–Crippen MR) is 94.0 cm³/mol. The molecule has 10 heteroatoms. The number of halogens is 1. The molecule has 2 aromatic rings. The first-order valence-electron chi connectivity index (χ1n) is 8.09. The van der Waals surface area contributed by atoms with Crippen LogP contribution in [0.4, 0.5) is 4.79 Å². The van der Waals surface area contributed by atoms with Crippen LogP contribution in [0.1, 0.15) is 18.2 Å². The second-order valence-corrected chi connectivity index (χ2v) is 6.46. The van der Waals surface area contributed by atoms with Gasteiger partial charge in [0.15, 0.2) is 0 Å². The van der Waals surface area contributed by atoms with Crippen molar-refractivity contribution in [3.63, 3.8) is 0 Å². The van der Waals surface area contributed by atoms with E-state index in [0.29, 0.717) is 10.6 Å². The molecular weight excluding hydrogens is 380 g/mol. The topological polar surface area (TPSA) is 120 Å². The predicted octanol–water partition coefficient (Wildman–Crippen LogP) is 1.36. The average molecular weight is 397 g/mol. The molecule has 2 heterocycles. The van der Waals surface area contributed by atoms with Gasteiger partial charge in [-0.1, -0.05) is 11.6 Å². The van der Waals surface area contributed by atoms with Crippen molar-refractivity contribution in [3.8, 4) is 5.75 Å². The molecular formula is C17H17ClN2O7. The first-order chi connectivity index (χ1) is 12.8. The molecule has 1 aromatic heterocycles. The van der Waals surface area contributed by atoms with Crippen LogP contribution in [0.2, 0.25) is 5.02 Å². The number of aliphatic hydroxyl groups is 1. The smallest absolute Gasteiger partial charge is 0.431 e. The number of ether oxygens (including phenoxy) is 3. The van der Waals surface area contributed by atoms with E-state index in [4.69, 9.17) is 25.8 Å². The largest absolute Gasteiger partial charge is 0.513 e. The summed E-state index contributed by atoms with van der Waals surface area (Å²) in [7, 11) is 0. The zero-order valence-electron chi connectivity index (χ0n) is 14.3. The Labute approximate surface area is 158 Å². The molecule has 2 N–H and O–H groups in total. The Morgan fingerprint density at radius 2 is 2.07 bits per heavy atom. The molecule has 0 aliphatic carbocycles. The van der Waals surface area contributed by atoms with Gasteiger partial charge in [0, 0.05) is 23.2 Å². The van der Waals surface area contributed by atoms with Crippen LogP contribution in [-0.4, -0.2) is 39.6 Å². The van der Waals surface area contributed by atoms with Crippen molar-refractivity contribution < 1.29 is 24.1 Å². The molecule has 0 bridgehead atoms. The highest BCUT2D eigenvalue weighted by Crippen LogP contribution is 2.28. The average Bonchev–Trinajstić information content (AvgIpc) is 2.99. The van der Waals surface area contributed by atoms with E-state index in [1.807, 2.05) is 0 Å². The fourth-order valence-corrected chi connectivity index (χ4v) is 2.74. The molecule has 144 valence electrons. The molecule has 0 unspecified atom stereocenters. The van der Waals surface area contributed by atoms with Crippen LogP contribution >= 0.6 is 11.6 Å². The van der Waals surface area contributed by atoms with Crippen LogP contribution in [0, 0.1) is 6.92 Å². The first-order valence-corrected chi connectivity index (χ1v) is 8.47. The molecule has 1 saturated heterocycles. The quantitative estimate of drug-likeness (QED) is 0.591. The summed E-state index contributed by atoms with van der Waals surface area (Å²) in [6.07, 6.45) is -2.09. The van der Waals surface area contributed by atoms with Gasteiger partial charge in [-0.05, 0) is 31.2 Å². The summed E-state index contributed by atoms with van der Waals surface area (Å²) in [5, 5.41) is 10.6. The lowest BCUT2D eigenvalue weighted by molar-refractivity contribution is -0.0537. The maximum Gasteiger partial charge on any atom is 0.513 e. The van der Waals surface area contributed by atoms with Gasteiger partial charge < -0.3 is 19.3 Å². The van der Waals surface area contributed by atoms with Crippen molar-refractivity contribution in [1.29, 1.82) is 0 Å². The lowest BCUT2D eigenvalue weighted by Gasteiger charge is -2.16. The van der Waals surface area contributed by atoms with Crippen LogP contribution < -0.4 is 16.0 Å². The van der Waals surface area contributed by atoms with Crippen molar-refractivity contribution in [1.82, 2.24) is 9.55 Å². The van der Waals surface area contributed by atoms with Crippen LogP contribution in [-0.2, 0) is 9.47 Å². The summed E-state index contributed by atoms with van der Waals surface area (Å²) >= 11 is 5.75. The molecule has 1 aliphatic rings. The van der Waals surface area contributed by atoms with Gasteiger partial charge in [0.05, 0.1) is 6.10 Å². The van der Waals surface area contributed by atoms with E-state index in [1.54, 1.807) is 19.1 Å². The van der Waals surface area contributed by atoms with Gasteiger partial charge in [0.2, 0.25) is 0 Å². The summed E-state index contributed by atoms with van der Waals surface area (Å²) < 4.78 is 16.7. The minimum Gasteiger partial charge on any atom is -0.431 e. The zero-order valence-corrected chi connectivity index (χ0v) is 15.0. The molecule has 9 nitrogen and oxygen atoms in total. The summed E-state index contributed by atoms with van der Waals surface area (Å²) in [6.45, 7) is 1.29. The third-order valence-corrected chi connectivity index (χ3v) is 4.29. The molecule has 3 atom stereocenters. The van der Waals surface area contributed by atoms with Crippen LogP contribution in [0.25, 0.3) is 0 Å². The Morgan fingerprint density at radius 1 is 1.37 bits per heavy atom. The molecule has 1 aromatic carbocycles. The van der Waals surface area contributed by atoms with Crippen LogP contribution in [0.3, 0.4) is 0 Å². The van der Waals surface area contributed by atoms with Gasteiger partial charge in [-0.3, -0.25) is 14.3 Å². The standard InChI is InChI=1S/C17H17ClN2O7/c1-9-7-20(16(23)19-15(9)22)14-6-12(21)13(27-14)8-25-17(24)26-11-4-2-10(18)3-5-11/h2-5,7,12-14,21H,6,8H2,1H3,(H,19,22,23)/t12-,13+,14+/m0/s1. The van der Waals surface area contributed by atoms with Crippen molar-refractivity contribution >= 4 is 17.8 Å². The van der Waals surface area contributed by atoms with E-state index in [9.17, 15) is 19.5 Å². The van der Waals surface area contributed by atoms with E-state index in [1.165, 1.54) is 22.9 Å². The lowest BCUT2D eigenvalue weighted by Crippen LogP contribution is -2.33. The summed E-state index contributed by atoms with van der Waals surface area (Å²) in [4.78, 5) is 37.3. The number of benzene rings is 1. The minimum absolute atomic E-state index is 0.103. The number of H-pyrrole nitrogens is 1. The molecule has 0 radical (unpaired) electrons. The number of carbonyl (C=O) groups is 1. The molecule has 3 rings (SSSR count). The number of aryl methyl sites for hydroxylation is 1. The number of aromatic nitrogens is 2. The fraction of sp³-hybridized carbons (Fsp3) is 0.353. The second kappa shape index (κ2) is 7.95. The Morgan fingerprint density at radius 3 is 2.78 bits per heavy atom. The van der Waals surface area contributed by atoms with Crippen molar-refractivity contribution in [3.05, 3.63) is 61.9 Å².